The van der Waals surface area contributed by atoms with E-state index >= 15 is 0 Å². The van der Waals surface area contributed by atoms with E-state index in [1.54, 1.807) is 0 Å². The molecule has 1 amide bonds. The highest BCUT2D eigenvalue weighted by atomic mass is 16.2. The van der Waals surface area contributed by atoms with Gasteiger partial charge in [0.15, 0.2) is 0 Å². The van der Waals surface area contributed by atoms with Crippen molar-refractivity contribution >= 4 is 5.91 Å². The Bertz CT molecular complexity index is 306. The fraction of sp³-hybridized carbons (Fsp3) is 0.933. The lowest BCUT2D eigenvalue weighted by Crippen LogP contribution is -2.57. The molecular formula is C15H28N2O. The molecule has 1 saturated carbocycles. The Hall–Kier alpha value is -0.570. The molecule has 18 heavy (non-hydrogen) atoms. The molecule has 0 bridgehead atoms. The monoisotopic (exact) mass is 252 g/mol. The summed E-state index contributed by atoms with van der Waals surface area (Å²) in [5, 5.41) is 0. The van der Waals surface area contributed by atoms with Gasteiger partial charge in [0.05, 0.1) is 6.04 Å². The molecule has 0 aromatic rings. The van der Waals surface area contributed by atoms with Crippen molar-refractivity contribution in [3.8, 4) is 0 Å². The van der Waals surface area contributed by atoms with Crippen molar-refractivity contribution in [1.82, 2.24) is 4.90 Å². The zero-order chi connectivity index (χ0) is 13.3. The third kappa shape index (κ3) is 2.71. The first-order chi connectivity index (χ1) is 8.41. The lowest BCUT2D eigenvalue weighted by Gasteiger charge is -2.46. The van der Waals surface area contributed by atoms with E-state index in [0.29, 0.717) is 6.04 Å². The van der Waals surface area contributed by atoms with Crippen LogP contribution in [0.3, 0.4) is 0 Å². The van der Waals surface area contributed by atoms with E-state index in [1.165, 1.54) is 32.1 Å². The van der Waals surface area contributed by atoms with Crippen LogP contribution in [-0.2, 0) is 4.79 Å². The van der Waals surface area contributed by atoms with E-state index in [1.807, 2.05) is 0 Å². The van der Waals surface area contributed by atoms with Crippen molar-refractivity contribution in [2.75, 3.05) is 6.54 Å². The lowest BCUT2D eigenvalue weighted by atomic mass is 9.77. The van der Waals surface area contributed by atoms with Crippen LogP contribution in [-0.4, -0.2) is 29.4 Å². The van der Waals surface area contributed by atoms with Crippen molar-refractivity contribution in [2.45, 2.75) is 71.4 Å². The summed E-state index contributed by atoms with van der Waals surface area (Å²) in [6.45, 7) is 7.08. The first-order valence-electron chi connectivity index (χ1n) is 7.47. The van der Waals surface area contributed by atoms with E-state index < -0.39 is 0 Å². The number of likely N-dealkylation sites (tertiary alicyclic amines) is 1. The molecule has 0 spiro atoms. The van der Waals surface area contributed by atoms with Gasteiger partial charge in [0.25, 0.3) is 0 Å². The number of carbonyl (C=O) groups excluding carboxylic acids is 1. The van der Waals surface area contributed by atoms with E-state index in [2.05, 4.69) is 25.7 Å². The molecule has 0 aromatic carbocycles. The first kappa shape index (κ1) is 13.9. The fourth-order valence-corrected chi connectivity index (χ4v) is 3.45. The number of nitrogens with zero attached hydrogens (tertiary/aromatic N) is 1. The van der Waals surface area contributed by atoms with E-state index in [-0.39, 0.29) is 17.4 Å². The zero-order valence-electron chi connectivity index (χ0n) is 12.1. The second-order valence-corrected chi connectivity index (χ2v) is 7.13. The van der Waals surface area contributed by atoms with Gasteiger partial charge in [0.2, 0.25) is 5.91 Å². The normalized spacial score (nSPS) is 30.8. The molecule has 3 heteroatoms. The van der Waals surface area contributed by atoms with Crippen LogP contribution in [0.25, 0.3) is 0 Å². The predicted octanol–water partition coefficient (Wildman–Crippen LogP) is 2.54. The molecule has 2 rings (SSSR count). The Morgan fingerprint density at radius 1 is 1.17 bits per heavy atom. The van der Waals surface area contributed by atoms with Crippen LogP contribution in [0.2, 0.25) is 0 Å². The van der Waals surface area contributed by atoms with Gasteiger partial charge in [-0.25, -0.2) is 0 Å². The highest BCUT2D eigenvalue weighted by Crippen LogP contribution is 2.36. The minimum atomic E-state index is -0.363. The minimum absolute atomic E-state index is 0.140. The Morgan fingerprint density at radius 3 is 2.44 bits per heavy atom. The topological polar surface area (TPSA) is 46.3 Å². The summed E-state index contributed by atoms with van der Waals surface area (Å²) in [5.41, 5.74) is 6.02. The standard InChI is InChI=1S/C15H28N2O/c1-15(2,3)13(16)14(18)17-10-6-8-11-7-4-5-9-12(11)17/h11-13H,4-10,16H2,1-3H3/t11?,12?,13-/m0/s1. The van der Waals surface area contributed by atoms with Crippen molar-refractivity contribution in [1.29, 1.82) is 0 Å². The molecule has 3 nitrogen and oxygen atoms in total. The molecule has 2 N–H and O–H groups in total. The number of hydrogen-bond donors (Lipinski definition) is 1. The van der Waals surface area contributed by atoms with Gasteiger partial charge in [-0.1, -0.05) is 33.6 Å². The number of nitrogens with two attached hydrogens (primary N) is 1. The molecule has 1 aliphatic heterocycles. The molecule has 104 valence electrons. The van der Waals surface area contributed by atoms with Gasteiger partial charge in [-0.15, -0.1) is 0 Å². The van der Waals surface area contributed by atoms with E-state index in [4.69, 9.17) is 5.73 Å². The molecule has 1 aliphatic carbocycles. The van der Waals surface area contributed by atoms with Gasteiger partial charge in [0, 0.05) is 12.6 Å². The molecule has 1 heterocycles. The summed E-state index contributed by atoms with van der Waals surface area (Å²) < 4.78 is 0. The highest BCUT2D eigenvalue weighted by molar-refractivity contribution is 5.83. The summed E-state index contributed by atoms with van der Waals surface area (Å²) in [7, 11) is 0. The SMILES string of the molecule is CC(C)(C)[C@@H](N)C(=O)N1CCCC2CCCCC21. The quantitative estimate of drug-likeness (QED) is 0.779. The lowest BCUT2D eigenvalue weighted by molar-refractivity contribution is -0.141. The summed E-state index contributed by atoms with van der Waals surface area (Å²) in [4.78, 5) is 14.7. The Kier molecular flexibility index (Phi) is 4.00. The second kappa shape index (κ2) is 5.20. The van der Waals surface area contributed by atoms with Gasteiger partial charge in [0.1, 0.15) is 0 Å². The summed E-state index contributed by atoms with van der Waals surface area (Å²) in [6.07, 6.45) is 7.57. The molecule has 2 aliphatic rings. The van der Waals surface area contributed by atoms with Gasteiger partial charge in [-0.3, -0.25) is 4.79 Å². The number of rotatable bonds is 1. The average molecular weight is 252 g/mol. The molecule has 1 saturated heterocycles. The van der Waals surface area contributed by atoms with Crippen LogP contribution in [0.5, 0.6) is 0 Å². The van der Waals surface area contributed by atoms with Gasteiger partial charge >= 0.3 is 0 Å². The van der Waals surface area contributed by atoms with Crippen LogP contribution in [0, 0.1) is 11.3 Å². The number of amides is 1. The Morgan fingerprint density at radius 2 is 1.78 bits per heavy atom. The van der Waals surface area contributed by atoms with Gasteiger partial charge in [-0.05, 0) is 37.0 Å². The van der Waals surface area contributed by atoms with Crippen LogP contribution in [0.4, 0.5) is 0 Å². The number of hydrogen-bond acceptors (Lipinski definition) is 2. The van der Waals surface area contributed by atoms with Crippen LogP contribution >= 0.6 is 0 Å². The summed E-state index contributed by atoms with van der Waals surface area (Å²) in [5.74, 6) is 0.919. The number of piperidine rings is 1. The minimum Gasteiger partial charge on any atom is -0.338 e. The van der Waals surface area contributed by atoms with Crippen molar-refractivity contribution in [3.63, 3.8) is 0 Å². The molecule has 0 aromatic heterocycles. The van der Waals surface area contributed by atoms with Crippen LogP contribution in [0.1, 0.15) is 59.3 Å². The number of carbonyl (C=O) groups is 1. The molecule has 3 atom stereocenters. The third-order valence-electron chi connectivity index (χ3n) is 4.73. The maximum absolute atomic E-state index is 12.6. The number of fused-ring (bicyclic) bond motifs is 1. The summed E-state index contributed by atoms with van der Waals surface area (Å²) in [6, 6.07) is 0.117. The second-order valence-electron chi connectivity index (χ2n) is 7.13. The maximum Gasteiger partial charge on any atom is 0.240 e. The van der Waals surface area contributed by atoms with Crippen LogP contribution < -0.4 is 5.73 Å². The maximum atomic E-state index is 12.6. The molecule has 2 fully saturated rings. The smallest absolute Gasteiger partial charge is 0.240 e. The van der Waals surface area contributed by atoms with E-state index in [0.717, 1.165) is 18.9 Å². The van der Waals surface area contributed by atoms with Crippen molar-refractivity contribution < 1.29 is 4.79 Å². The molecule has 0 radical (unpaired) electrons. The summed E-state index contributed by atoms with van der Waals surface area (Å²) >= 11 is 0. The fourth-order valence-electron chi connectivity index (χ4n) is 3.45. The van der Waals surface area contributed by atoms with E-state index in [9.17, 15) is 4.79 Å². The zero-order valence-corrected chi connectivity index (χ0v) is 12.1. The van der Waals surface area contributed by atoms with Gasteiger partial charge < -0.3 is 10.6 Å². The molecule has 2 unspecified atom stereocenters. The molecular weight excluding hydrogens is 224 g/mol. The largest absolute Gasteiger partial charge is 0.338 e. The third-order valence-corrected chi connectivity index (χ3v) is 4.73. The first-order valence-corrected chi connectivity index (χ1v) is 7.47. The Labute approximate surface area is 111 Å². The average Bonchev–Trinajstić information content (AvgIpc) is 2.35. The predicted molar refractivity (Wildman–Crippen MR) is 74.1 cm³/mol. The van der Waals surface area contributed by atoms with Crippen LogP contribution in [0.15, 0.2) is 0 Å². The van der Waals surface area contributed by atoms with Gasteiger partial charge in [-0.2, -0.15) is 0 Å². The Balaban J connectivity index is 2.09. The van der Waals surface area contributed by atoms with Crippen molar-refractivity contribution in [3.05, 3.63) is 0 Å². The van der Waals surface area contributed by atoms with Crippen molar-refractivity contribution in [2.24, 2.45) is 17.1 Å². The highest BCUT2D eigenvalue weighted by Gasteiger charge is 2.39.